The van der Waals surface area contributed by atoms with Crippen molar-refractivity contribution in [3.63, 3.8) is 0 Å². The van der Waals surface area contributed by atoms with Gasteiger partial charge in [-0.25, -0.2) is 0 Å². The molecule has 0 spiro atoms. The summed E-state index contributed by atoms with van der Waals surface area (Å²) in [6.45, 7) is 8.03. The van der Waals surface area contributed by atoms with Crippen molar-refractivity contribution in [3.8, 4) is 0 Å². The third-order valence-corrected chi connectivity index (χ3v) is 4.60. The van der Waals surface area contributed by atoms with Crippen molar-refractivity contribution in [1.82, 2.24) is 4.90 Å². The third kappa shape index (κ3) is 2.63. The maximum absolute atomic E-state index is 5.75. The number of ether oxygens (including phenoxy) is 1. The fourth-order valence-electron chi connectivity index (χ4n) is 2.49. The van der Waals surface area contributed by atoms with Crippen LogP contribution in [0.2, 0.25) is 0 Å². The molecule has 0 aliphatic carbocycles. The smallest absolute Gasteiger partial charge is 0.0594 e. The Morgan fingerprint density at radius 1 is 1.28 bits per heavy atom. The normalized spacial score (nSPS) is 20.3. The maximum atomic E-state index is 5.75. The van der Waals surface area contributed by atoms with Gasteiger partial charge in [-0.15, -0.1) is 0 Å². The Morgan fingerprint density at radius 3 is 2.44 bits per heavy atom. The molecule has 1 aliphatic heterocycles. The Kier molecular flexibility index (Phi) is 4.49. The monoisotopic (exact) mass is 263 g/mol. The van der Waals surface area contributed by atoms with Crippen molar-refractivity contribution in [3.05, 3.63) is 35.9 Å². The van der Waals surface area contributed by atoms with Crippen molar-refractivity contribution in [2.75, 3.05) is 26.3 Å². The highest BCUT2D eigenvalue weighted by Gasteiger charge is 2.35. The first-order valence-electron chi connectivity index (χ1n) is 6.61. The van der Waals surface area contributed by atoms with Gasteiger partial charge in [-0.1, -0.05) is 49.5 Å². The molecule has 1 fully saturated rings. The van der Waals surface area contributed by atoms with E-state index in [1.165, 1.54) is 5.56 Å². The fourth-order valence-corrected chi connectivity index (χ4v) is 2.89. The van der Waals surface area contributed by atoms with E-state index < -0.39 is 0 Å². The zero-order chi connectivity index (χ0) is 13.0. The van der Waals surface area contributed by atoms with Crippen LogP contribution >= 0.6 is 12.2 Å². The lowest BCUT2D eigenvalue weighted by Gasteiger charge is -2.43. The fraction of sp³-hybridized carbons (Fsp3) is 0.533. The van der Waals surface area contributed by atoms with Crippen LogP contribution in [0.4, 0.5) is 0 Å². The molecule has 1 aliphatic rings. The Labute approximate surface area is 115 Å². The molecule has 98 valence electrons. The van der Waals surface area contributed by atoms with Crippen LogP contribution in [0.15, 0.2) is 30.3 Å². The van der Waals surface area contributed by atoms with Crippen LogP contribution in [0.1, 0.15) is 25.8 Å². The van der Waals surface area contributed by atoms with Crippen molar-refractivity contribution in [1.29, 1.82) is 0 Å². The number of hydrogen-bond acceptors (Lipinski definition) is 3. The number of morpholine rings is 1. The summed E-state index contributed by atoms with van der Waals surface area (Å²) in [5.41, 5.74) is 1.13. The number of thiocarbonyl (C=S) groups is 1. The van der Waals surface area contributed by atoms with Crippen molar-refractivity contribution in [2.45, 2.75) is 25.8 Å². The molecule has 1 saturated heterocycles. The highest BCUT2D eigenvalue weighted by Crippen LogP contribution is 2.26. The number of nitrogens with zero attached hydrogens (tertiary/aromatic N) is 1. The van der Waals surface area contributed by atoms with E-state index in [-0.39, 0.29) is 5.54 Å². The molecule has 1 unspecified atom stereocenters. The first-order valence-corrected chi connectivity index (χ1v) is 7.02. The summed E-state index contributed by atoms with van der Waals surface area (Å²) in [7, 11) is 0. The van der Waals surface area contributed by atoms with Gasteiger partial charge in [0.25, 0.3) is 0 Å². The minimum absolute atomic E-state index is 0.0412. The van der Waals surface area contributed by atoms with Gasteiger partial charge in [-0.2, -0.15) is 0 Å². The summed E-state index contributed by atoms with van der Waals surface area (Å²) in [5.74, 6) is 0. The highest BCUT2D eigenvalue weighted by molar-refractivity contribution is 7.81. The number of rotatable bonds is 4. The van der Waals surface area contributed by atoms with Gasteiger partial charge in [-0.05, 0) is 18.9 Å². The van der Waals surface area contributed by atoms with Crippen LogP contribution < -0.4 is 0 Å². The largest absolute Gasteiger partial charge is 0.379 e. The highest BCUT2D eigenvalue weighted by atomic mass is 32.1. The minimum Gasteiger partial charge on any atom is -0.379 e. The molecule has 1 atom stereocenters. The molecule has 0 amide bonds. The Bertz CT molecular complexity index is 400. The lowest BCUT2D eigenvalue weighted by atomic mass is 9.87. The van der Waals surface area contributed by atoms with Gasteiger partial charge >= 0.3 is 0 Å². The third-order valence-electron chi connectivity index (χ3n) is 3.92. The van der Waals surface area contributed by atoms with E-state index in [4.69, 9.17) is 17.0 Å². The summed E-state index contributed by atoms with van der Waals surface area (Å²) in [6.07, 6.45) is 1.03. The molecule has 2 rings (SSSR count). The molecular weight excluding hydrogens is 242 g/mol. The van der Waals surface area contributed by atoms with Gasteiger partial charge in [0.05, 0.1) is 18.8 Å². The molecule has 0 N–H and O–H groups in total. The van der Waals surface area contributed by atoms with E-state index in [2.05, 4.69) is 43.0 Å². The lowest BCUT2D eigenvalue weighted by Crippen LogP contribution is -2.55. The van der Waals surface area contributed by atoms with Crippen LogP contribution in [-0.4, -0.2) is 41.6 Å². The van der Waals surface area contributed by atoms with E-state index in [0.29, 0.717) is 0 Å². The van der Waals surface area contributed by atoms with E-state index >= 15 is 0 Å². The Hall–Kier alpha value is -0.770. The van der Waals surface area contributed by atoms with Crippen LogP contribution in [0.25, 0.3) is 0 Å². The van der Waals surface area contributed by atoms with Crippen LogP contribution in [0.5, 0.6) is 0 Å². The van der Waals surface area contributed by atoms with Crippen molar-refractivity contribution >= 4 is 17.1 Å². The SMILES string of the molecule is CCC(C)(C(=S)c1ccccc1)N1CCOCC1. The minimum atomic E-state index is -0.0412. The van der Waals surface area contributed by atoms with Gasteiger partial charge in [0.2, 0.25) is 0 Å². The summed E-state index contributed by atoms with van der Waals surface area (Å²) < 4.78 is 5.44. The standard InChI is InChI=1S/C15H21NOS/c1-3-15(2,16-9-11-17-12-10-16)14(18)13-7-5-4-6-8-13/h4-8H,3,9-12H2,1-2H3. The molecule has 0 bridgehead atoms. The second-order valence-electron chi connectivity index (χ2n) is 4.92. The first kappa shape index (κ1) is 13.7. The molecule has 1 aromatic carbocycles. The van der Waals surface area contributed by atoms with Crippen molar-refractivity contribution in [2.24, 2.45) is 0 Å². The van der Waals surface area contributed by atoms with Crippen molar-refractivity contribution < 1.29 is 4.74 Å². The predicted molar refractivity (Wildman–Crippen MR) is 79.2 cm³/mol. The topological polar surface area (TPSA) is 12.5 Å². The quantitative estimate of drug-likeness (QED) is 0.612. The zero-order valence-corrected chi connectivity index (χ0v) is 12.0. The number of benzene rings is 1. The molecular formula is C15H21NOS. The first-order chi connectivity index (χ1) is 8.68. The van der Waals surface area contributed by atoms with Gasteiger partial charge in [-0.3, -0.25) is 4.90 Å². The van der Waals surface area contributed by atoms with Gasteiger partial charge in [0.15, 0.2) is 0 Å². The van der Waals surface area contributed by atoms with Crippen LogP contribution in [0, 0.1) is 0 Å². The van der Waals surface area contributed by atoms with Gasteiger partial charge in [0.1, 0.15) is 0 Å². The average Bonchev–Trinajstić information content (AvgIpc) is 2.47. The molecule has 0 radical (unpaired) electrons. The molecule has 1 aromatic rings. The summed E-state index contributed by atoms with van der Waals surface area (Å²) in [6, 6.07) is 10.4. The molecule has 2 nitrogen and oxygen atoms in total. The van der Waals surface area contributed by atoms with Crippen LogP contribution in [-0.2, 0) is 4.74 Å². The van der Waals surface area contributed by atoms with E-state index in [0.717, 1.165) is 37.6 Å². The molecule has 0 saturated carbocycles. The van der Waals surface area contributed by atoms with Gasteiger partial charge in [0, 0.05) is 18.0 Å². The second-order valence-corrected chi connectivity index (χ2v) is 5.33. The molecule has 1 heterocycles. The molecule has 0 aromatic heterocycles. The summed E-state index contributed by atoms with van der Waals surface area (Å²) in [5, 5.41) is 0. The maximum Gasteiger partial charge on any atom is 0.0594 e. The van der Waals surface area contributed by atoms with Crippen LogP contribution in [0.3, 0.4) is 0 Å². The van der Waals surface area contributed by atoms with E-state index in [9.17, 15) is 0 Å². The Morgan fingerprint density at radius 2 is 1.89 bits per heavy atom. The van der Waals surface area contributed by atoms with E-state index in [1.807, 2.05) is 6.07 Å². The summed E-state index contributed by atoms with van der Waals surface area (Å²) >= 11 is 5.75. The van der Waals surface area contributed by atoms with Gasteiger partial charge < -0.3 is 4.74 Å². The Balaban J connectivity index is 2.23. The lowest BCUT2D eigenvalue weighted by molar-refractivity contribution is 0.00517. The predicted octanol–water partition coefficient (Wildman–Crippen LogP) is 2.91. The zero-order valence-electron chi connectivity index (χ0n) is 11.2. The average molecular weight is 263 g/mol. The number of hydrogen-bond donors (Lipinski definition) is 0. The molecule has 18 heavy (non-hydrogen) atoms. The second kappa shape index (κ2) is 5.91. The molecule has 3 heteroatoms. The van der Waals surface area contributed by atoms with E-state index in [1.54, 1.807) is 0 Å². The summed E-state index contributed by atoms with van der Waals surface area (Å²) in [4.78, 5) is 3.51.